The van der Waals surface area contributed by atoms with Crippen LogP contribution < -0.4 is 10.1 Å². The van der Waals surface area contributed by atoms with Gasteiger partial charge in [-0.05, 0) is 37.6 Å². The molecular formula is C16H23N3O2. The van der Waals surface area contributed by atoms with Gasteiger partial charge in [0.05, 0.1) is 19.4 Å². The van der Waals surface area contributed by atoms with E-state index in [1.54, 1.807) is 11.8 Å². The Balaban J connectivity index is 1.84. The lowest BCUT2D eigenvalue weighted by molar-refractivity contribution is 0.171. The molecule has 21 heavy (non-hydrogen) atoms. The molecule has 0 saturated heterocycles. The van der Waals surface area contributed by atoms with Crippen molar-refractivity contribution < 1.29 is 9.84 Å². The van der Waals surface area contributed by atoms with Gasteiger partial charge in [0.25, 0.3) is 0 Å². The molecule has 1 heterocycles. The fraction of sp³-hybridized carbons (Fsp3) is 0.438. The lowest BCUT2D eigenvalue weighted by Gasteiger charge is -2.16. The maximum absolute atomic E-state index is 10.3. The Labute approximate surface area is 125 Å². The number of aliphatic hydroxyl groups is 1. The molecule has 1 unspecified atom stereocenters. The number of methoxy groups -OCH3 is 1. The minimum atomic E-state index is -0.575. The first-order chi connectivity index (χ1) is 10.1. The average molecular weight is 289 g/mol. The van der Waals surface area contributed by atoms with Crippen molar-refractivity contribution in [3.05, 3.63) is 47.3 Å². The van der Waals surface area contributed by atoms with Gasteiger partial charge >= 0.3 is 0 Å². The van der Waals surface area contributed by atoms with E-state index in [2.05, 4.69) is 10.4 Å². The number of nitrogens with zero attached hydrogens (tertiary/aromatic N) is 2. The number of benzene rings is 1. The van der Waals surface area contributed by atoms with Gasteiger partial charge in [0.15, 0.2) is 0 Å². The number of aryl methyl sites for hydroxylation is 2. The molecule has 5 heteroatoms. The van der Waals surface area contributed by atoms with Gasteiger partial charge in [-0.25, -0.2) is 0 Å². The molecule has 0 fully saturated rings. The summed E-state index contributed by atoms with van der Waals surface area (Å²) in [7, 11) is 3.53. The molecular weight excluding hydrogens is 266 g/mol. The number of rotatable bonds is 7. The highest BCUT2D eigenvalue weighted by atomic mass is 16.5. The Morgan fingerprint density at radius 1 is 1.43 bits per heavy atom. The second-order valence-electron chi connectivity index (χ2n) is 5.24. The number of aliphatic hydroxyl groups excluding tert-OH is 1. The molecule has 1 atom stereocenters. The molecule has 0 bridgehead atoms. The molecule has 2 N–H and O–H groups in total. The van der Waals surface area contributed by atoms with E-state index < -0.39 is 6.10 Å². The van der Waals surface area contributed by atoms with E-state index in [1.165, 1.54) is 5.56 Å². The summed E-state index contributed by atoms with van der Waals surface area (Å²) in [5.74, 6) is 0.724. The van der Waals surface area contributed by atoms with Crippen LogP contribution in [0.1, 0.15) is 22.8 Å². The van der Waals surface area contributed by atoms with Gasteiger partial charge in [-0.2, -0.15) is 5.10 Å². The van der Waals surface area contributed by atoms with Crippen molar-refractivity contribution in [3.63, 3.8) is 0 Å². The number of hydrogen-bond acceptors (Lipinski definition) is 4. The lowest BCUT2D eigenvalue weighted by Crippen LogP contribution is -2.24. The highest BCUT2D eigenvalue weighted by molar-refractivity contribution is 5.38. The van der Waals surface area contributed by atoms with Crippen LogP contribution >= 0.6 is 0 Å². The highest BCUT2D eigenvalue weighted by Crippen LogP contribution is 2.25. The minimum absolute atomic E-state index is 0.500. The highest BCUT2D eigenvalue weighted by Gasteiger charge is 2.13. The molecule has 114 valence electrons. The van der Waals surface area contributed by atoms with Gasteiger partial charge in [0, 0.05) is 25.4 Å². The van der Waals surface area contributed by atoms with Gasteiger partial charge in [0.2, 0.25) is 0 Å². The molecule has 0 radical (unpaired) electrons. The van der Waals surface area contributed by atoms with Crippen LogP contribution in [-0.2, 0) is 13.5 Å². The molecule has 1 aromatic heterocycles. The van der Waals surface area contributed by atoms with Crippen LogP contribution in [0, 0.1) is 6.92 Å². The van der Waals surface area contributed by atoms with Crippen LogP contribution in [0.15, 0.2) is 30.6 Å². The topological polar surface area (TPSA) is 59.3 Å². The first-order valence-electron chi connectivity index (χ1n) is 7.11. The van der Waals surface area contributed by atoms with E-state index in [1.807, 2.05) is 44.6 Å². The molecule has 0 aliphatic heterocycles. The lowest BCUT2D eigenvalue weighted by atomic mass is 10.1. The zero-order chi connectivity index (χ0) is 15.2. The normalized spacial score (nSPS) is 12.4. The van der Waals surface area contributed by atoms with E-state index in [-0.39, 0.29) is 0 Å². The third kappa shape index (κ3) is 4.31. The quantitative estimate of drug-likeness (QED) is 0.760. The van der Waals surface area contributed by atoms with Gasteiger partial charge in [-0.1, -0.05) is 11.6 Å². The molecule has 2 aromatic rings. The monoisotopic (exact) mass is 289 g/mol. The maximum atomic E-state index is 10.3. The molecule has 5 nitrogen and oxygen atoms in total. The summed E-state index contributed by atoms with van der Waals surface area (Å²) in [6.07, 6.45) is 4.18. The van der Waals surface area contributed by atoms with E-state index in [0.717, 1.165) is 29.8 Å². The van der Waals surface area contributed by atoms with Gasteiger partial charge < -0.3 is 15.2 Å². The average Bonchev–Trinajstić information content (AvgIpc) is 2.89. The standard InChI is InChI=1S/C16H23N3O2/c1-12-4-5-16(21-3)14(8-12)15(20)10-17-7-6-13-9-18-19(2)11-13/h4-5,8-9,11,15,17,20H,6-7,10H2,1-3H3. The van der Waals surface area contributed by atoms with Gasteiger partial charge in [-0.3, -0.25) is 4.68 Å². The van der Waals surface area contributed by atoms with Crippen molar-refractivity contribution in [1.29, 1.82) is 0 Å². The van der Waals surface area contributed by atoms with E-state index >= 15 is 0 Å². The predicted molar refractivity (Wildman–Crippen MR) is 82.5 cm³/mol. The Morgan fingerprint density at radius 3 is 2.90 bits per heavy atom. The van der Waals surface area contributed by atoms with Gasteiger partial charge in [0.1, 0.15) is 5.75 Å². The largest absolute Gasteiger partial charge is 0.496 e. The fourth-order valence-electron chi connectivity index (χ4n) is 2.30. The van der Waals surface area contributed by atoms with Crippen molar-refractivity contribution >= 4 is 0 Å². The predicted octanol–water partition coefficient (Wildman–Crippen LogP) is 1.60. The van der Waals surface area contributed by atoms with Crippen LogP contribution in [0.5, 0.6) is 5.75 Å². The van der Waals surface area contributed by atoms with Crippen molar-refractivity contribution in [1.82, 2.24) is 15.1 Å². The zero-order valence-electron chi connectivity index (χ0n) is 12.8. The minimum Gasteiger partial charge on any atom is -0.496 e. The molecule has 0 spiro atoms. The summed E-state index contributed by atoms with van der Waals surface area (Å²) in [6.45, 7) is 3.31. The maximum Gasteiger partial charge on any atom is 0.124 e. The Hall–Kier alpha value is -1.85. The second kappa shape index (κ2) is 7.24. The summed E-state index contributed by atoms with van der Waals surface area (Å²) in [4.78, 5) is 0. The fourth-order valence-corrected chi connectivity index (χ4v) is 2.30. The van der Waals surface area contributed by atoms with Gasteiger partial charge in [-0.15, -0.1) is 0 Å². The molecule has 0 amide bonds. The number of nitrogens with one attached hydrogen (secondary N) is 1. The molecule has 1 aromatic carbocycles. The SMILES string of the molecule is COc1ccc(C)cc1C(O)CNCCc1cnn(C)c1. The van der Waals surface area contributed by atoms with E-state index in [4.69, 9.17) is 4.74 Å². The van der Waals surface area contributed by atoms with E-state index in [9.17, 15) is 5.11 Å². The first kappa shape index (κ1) is 15.5. The molecule has 0 saturated carbocycles. The van der Waals surface area contributed by atoms with Crippen LogP contribution in [-0.4, -0.2) is 35.1 Å². The third-order valence-electron chi connectivity index (χ3n) is 3.43. The number of hydrogen-bond donors (Lipinski definition) is 2. The van der Waals surface area contributed by atoms with Crippen LogP contribution in [0.25, 0.3) is 0 Å². The Kier molecular flexibility index (Phi) is 5.36. The number of ether oxygens (including phenoxy) is 1. The molecule has 2 rings (SSSR count). The van der Waals surface area contributed by atoms with Crippen molar-refractivity contribution in [3.8, 4) is 5.75 Å². The Bertz CT molecular complexity index is 581. The van der Waals surface area contributed by atoms with Crippen molar-refractivity contribution in [2.45, 2.75) is 19.4 Å². The van der Waals surface area contributed by atoms with Crippen molar-refractivity contribution in [2.75, 3.05) is 20.2 Å². The van der Waals surface area contributed by atoms with Crippen LogP contribution in [0.2, 0.25) is 0 Å². The third-order valence-corrected chi connectivity index (χ3v) is 3.43. The summed E-state index contributed by atoms with van der Waals surface area (Å²) in [5.41, 5.74) is 3.12. The number of aromatic nitrogens is 2. The summed E-state index contributed by atoms with van der Waals surface area (Å²) < 4.78 is 7.09. The smallest absolute Gasteiger partial charge is 0.124 e. The summed E-state index contributed by atoms with van der Waals surface area (Å²) in [5, 5.41) is 17.7. The van der Waals surface area contributed by atoms with Crippen molar-refractivity contribution in [2.24, 2.45) is 7.05 Å². The zero-order valence-corrected chi connectivity index (χ0v) is 12.8. The molecule has 0 aliphatic carbocycles. The first-order valence-corrected chi connectivity index (χ1v) is 7.11. The second-order valence-corrected chi connectivity index (χ2v) is 5.24. The summed E-state index contributed by atoms with van der Waals surface area (Å²) in [6, 6.07) is 5.83. The Morgan fingerprint density at radius 2 is 2.24 bits per heavy atom. The van der Waals surface area contributed by atoms with Crippen LogP contribution in [0.3, 0.4) is 0 Å². The summed E-state index contributed by atoms with van der Waals surface area (Å²) >= 11 is 0. The molecule has 0 aliphatic rings. The van der Waals surface area contributed by atoms with Crippen LogP contribution in [0.4, 0.5) is 0 Å². The van der Waals surface area contributed by atoms with E-state index in [0.29, 0.717) is 6.54 Å².